The van der Waals surface area contributed by atoms with Gasteiger partial charge in [-0.1, -0.05) is 45.3 Å². The number of nitrogens with zero attached hydrogens (tertiary/aromatic N) is 1. The van der Waals surface area contributed by atoms with E-state index in [0.717, 1.165) is 5.25 Å². The van der Waals surface area contributed by atoms with Gasteiger partial charge in [-0.05, 0) is 38.5 Å². The molecule has 0 bridgehead atoms. The summed E-state index contributed by atoms with van der Waals surface area (Å²) < 4.78 is 0. The molecular formula is C16H31NSSi. The van der Waals surface area contributed by atoms with Crippen LogP contribution in [0.3, 0.4) is 0 Å². The van der Waals surface area contributed by atoms with Gasteiger partial charge in [-0.25, -0.2) is 0 Å². The molecule has 1 atom stereocenters. The maximum Gasteiger partial charge on any atom is 0.108 e. The predicted molar refractivity (Wildman–Crippen MR) is 92.1 cm³/mol. The lowest BCUT2D eigenvalue weighted by Gasteiger charge is -2.29. The van der Waals surface area contributed by atoms with E-state index in [1.54, 1.807) is 5.71 Å². The SMILES string of the molecule is C[Si](C)(C)SC1CCCC(=NC2CCCCCC2)C1. The summed E-state index contributed by atoms with van der Waals surface area (Å²) in [6.45, 7) is 7.44. The van der Waals surface area contributed by atoms with Crippen molar-refractivity contribution in [2.24, 2.45) is 4.99 Å². The Bertz CT molecular complexity index is 300. The number of hydrogen-bond acceptors (Lipinski definition) is 2. The molecule has 110 valence electrons. The van der Waals surface area contributed by atoms with Crippen molar-refractivity contribution in [3.63, 3.8) is 0 Å². The van der Waals surface area contributed by atoms with Gasteiger partial charge < -0.3 is 0 Å². The molecular weight excluding hydrogens is 266 g/mol. The molecule has 1 nitrogen and oxygen atoms in total. The zero-order chi connectivity index (χ0) is 13.7. The molecule has 1 unspecified atom stereocenters. The lowest BCUT2D eigenvalue weighted by Crippen LogP contribution is -2.26. The Morgan fingerprint density at radius 1 is 0.947 bits per heavy atom. The predicted octanol–water partition coefficient (Wildman–Crippen LogP) is 5.66. The van der Waals surface area contributed by atoms with Gasteiger partial charge in [0.25, 0.3) is 0 Å². The molecule has 0 aliphatic heterocycles. The molecule has 3 heteroatoms. The topological polar surface area (TPSA) is 12.4 Å². The van der Waals surface area contributed by atoms with Crippen LogP contribution in [0.1, 0.15) is 64.2 Å². The summed E-state index contributed by atoms with van der Waals surface area (Å²) in [5.41, 5.74) is 1.56. The molecule has 0 amide bonds. The maximum atomic E-state index is 5.15. The summed E-state index contributed by atoms with van der Waals surface area (Å²) in [6, 6.07) is 0.674. The quantitative estimate of drug-likeness (QED) is 0.483. The van der Waals surface area contributed by atoms with Gasteiger partial charge in [0, 0.05) is 17.0 Å². The van der Waals surface area contributed by atoms with Crippen molar-refractivity contribution in [3.05, 3.63) is 0 Å². The van der Waals surface area contributed by atoms with E-state index in [1.807, 2.05) is 0 Å². The van der Waals surface area contributed by atoms with E-state index in [0.29, 0.717) is 6.04 Å². The third-order valence-electron chi connectivity index (χ3n) is 4.16. The minimum atomic E-state index is -0.973. The Balaban J connectivity index is 1.88. The minimum Gasteiger partial charge on any atom is -0.291 e. The Labute approximate surface area is 124 Å². The van der Waals surface area contributed by atoms with Gasteiger partial charge in [0.15, 0.2) is 0 Å². The molecule has 0 radical (unpaired) electrons. The summed E-state index contributed by atoms with van der Waals surface area (Å²) in [5, 5.41) is 0.880. The van der Waals surface area contributed by atoms with Crippen molar-refractivity contribution in [3.8, 4) is 0 Å². The van der Waals surface area contributed by atoms with Gasteiger partial charge in [-0.2, -0.15) is 11.2 Å². The van der Waals surface area contributed by atoms with E-state index in [-0.39, 0.29) is 0 Å². The van der Waals surface area contributed by atoms with Crippen molar-refractivity contribution < 1.29 is 0 Å². The van der Waals surface area contributed by atoms with Gasteiger partial charge >= 0.3 is 0 Å². The van der Waals surface area contributed by atoms with Crippen molar-refractivity contribution in [2.45, 2.75) is 95.1 Å². The maximum absolute atomic E-state index is 5.15. The van der Waals surface area contributed by atoms with E-state index < -0.39 is 7.22 Å². The minimum absolute atomic E-state index is 0.674. The summed E-state index contributed by atoms with van der Waals surface area (Å²) in [6.07, 6.45) is 13.8. The third kappa shape index (κ3) is 6.03. The number of hydrogen-bond donors (Lipinski definition) is 0. The fourth-order valence-electron chi connectivity index (χ4n) is 3.36. The summed E-state index contributed by atoms with van der Waals surface area (Å²) in [7, 11) is -0.973. The zero-order valence-electron chi connectivity index (χ0n) is 13.1. The van der Waals surface area contributed by atoms with Crippen LogP contribution in [0.4, 0.5) is 0 Å². The monoisotopic (exact) mass is 297 g/mol. The van der Waals surface area contributed by atoms with Gasteiger partial charge in [0.1, 0.15) is 7.22 Å². The first-order valence-electron chi connectivity index (χ1n) is 8.26. The second-order valence-corrected chi connectivity index (χ2v) is 16.8. The van der Waals surface area contributed by atoms with Gasteiger partial charge in [-0.15, -0.1) is 0 Å². The normalized spacial score (nSPS) is 29.4. The average Bonchev–Trinajstić information content (AvgIpc) is 2.56. The van der Waals surface area contributed by atoms with E-state index >= 15 is 0 Å². The van der Waals surface area contributed by atoms with Crippen molar-refractivity contribution >= 4 is 24.1 Å². The van der Waals surface area contributed by atoms with Crippen LogP contribution < -0.4 is 0 Å². The van der Waals surface area contributed by atoms with Crippen LogP contribution in [0.15, 0.2) is 4.99 Å². The van der Waals surface area contributed by atoms with Crippen LogP contribution in [-0.4, -0.2) is 24.2 Å². The van der Waals surface area contributed by atoms with Gasteiger partial charge in [-0.3, -0.25) is 4.99 Å². The van der Waals surface area contributed by atoms with Gasteiger partial charge in [0.2, 0.25) is 0 Å². The molecule has 0 aromatic rings. The fourth-order valence-corrected chi connectivity index (χ4v) is 8.53. The smallest absolute Gasteiger partial charge is 0.108 e. The lowest BCUT2D eigenvalue weighted by molar-refractivity contribution is 0.575. The second-order valence-electron chi connectivity index (χ2n) is 7.29. The molecule has 2 aliphatic rings. The molecule has 2 saturated carbocycles. The number of aliphatic imine (C=N–C) groups is 1. The van der Waals surface area contributed by atoms with Gasteiger partial charge in [0.05, 0.1) is 0 Å². The lowest BCUT2D eigenvalue weighted by atomic mass is 9.97. The van der Waals surface area contributed by atoms with Crippen molar-refractivity contribution in [1.82, 2.24) is 0 Å². The first kappa shape index (κ1) is 15.6. The number of rotatable bonds is 3. The molecule has 0 heterocycles. The largest absolute Gasteiger partial charge is 0.291 e. The van der Waals surface area contributed by atoms with Crippen LogP contribution in [-0.2, 0) is 0 Å². The highest BCUT2D eigenvalue weighted by atomic mass is 32.4. The summed E-state index contributed by atoms with van der Waals surface area (Å²) in [5.74, 6) is 0. The van der Waals surface area contributed by atoms with Crippen LogP contribution >= 0.6 is 11.2 Å². The first-order valence-corrected chi connectivity index (χ1v) is 13.4. The van der Waals surface area contributed by atoms with Crippen molar-refractivity contribution in [2.75, 3.05) is 0 Å². The first-order chi connectivity index (χ1) is 9.03. The molecule has 0 saturated heterocycles. The zero-order valence-corrected chi connectivity index (χ0v) is 14.9. The highest BCUT2D eigenvalue weighted by Gasteiger charge is 2.25. The Hall–Kier alpha value is 0.237. The average molecular weight is 298 g/mol. The molecule has 19 heavy (non-hydrogen) atoms. The summed E-state index contributed by atoms with van der Waals surface area (Å²) >= 11 is 2.31. The molecule has 2 aliphatic carbocycles. The molecule has 2 rings (SSSR count). The van der Waals surface area contributed by atoms with E-state index in [2.05, 4.69) is 30.9 Å². The molecule has 0 aromatic carbocycles. The molecule has 2 fully saturated rings. The second kappa shape index (κ2) is 7.30. The van der Waals surface area contributed by atoms with Crippen molar-refractivity contribution in [1.29, 1.82) is 0 Å². The van der Waals surface area contributed by atoms with Crippen LogP contribution in [0.2, 0.25) is 19.6 Å². The van der Waals surface area contributed by atoms with Crippen LogP contribution in [0.5, 0.6) is 0 Å². The fraction of sp³-hybridized carbons (Fsp3) is 0.938. The Kier molecular flexibility index (Phi) is 6.01. The molecule has 0 aromatic heterocycles. The summed E-state index contributed by atoms with van der Waals surface area (Å²) in [4.78, 5) is 5.15. The van der Waals surface area contributed by atoms with Crippen LogP contribution in [0, 0.1) is 0 Å². The van der Waals surface area contributed by atoms with E-state index in [1.165, 1.54) is 64.2 Å². The third-order valence-corrected chi connectivity index (χ3v) is 8.73. The Morgan fingerprint density at radius 3 is 2.26 bits per heavy atom. The highest BCUT2D eigenvalue weighted by Crippen LogP contribution is 2.34. The standard InChI is InChI=1S/C16H31NSSi/c1-19(2,3)18-16-12-8-11-15(13-16)17-14-9-6-4-5-7-10-14/h14,16H,4-13H2,1-3H3. The van der Waals surface area contributed by atoms with E-state index in [9.17, 15) is 0 Å². The molecule has 0 spiro atoms. The molecule has 0 N–H and O–H groups in total. The highest BCUT2D eigenvalue weighted by molar-refractivity contribution is 8.29. The Morgan fingerprint density at radius 2 is 1.63 bits per heavy atom. The van der Waals surface area contributed by atoms with Crippen LogP contribution in [0.25, 0.3) is 0 Å². The van der Waals surface area contributed by atoms with E-state index in [4.69, 9.17) is 4.99 Å².